The molecule has 0 radical (unpaired) electrons. The second kappa shape index (κ2) is 6.40. The summed E-state index contributed by atoms with van der Waals surface area (Å²) in [6, 6.07) is 0. The van der Waals surface area contributed by atoms with E-state index >= 15 is 0 Å². The Morgan fingerprint density at radius 2 is 1.28 bits per heavy atom. The van der Waals surface area contributed by atoms with Gasteiger partial charge in [-0.1, -0.05) is 0 Å². The minimum Gasteiger partial charge on any atom is -0.547 e. The van der Waals surface area contributed by atoms with Gasteiger partial charge in [-0.25, -0.2) is 0 Å². The van der Waals surface area contributed by atoms with Gasteiger partial charge in [0.1, 0.15) is 12.0 Å². The lowest BCUT2D eigenvalue weighted by Gasteiger charge is -2.26. The molecule has 108 valence electrons. The van der Waals surface area contributed by atoms with Crippen molar-refractivity contribution in [1.29, 1.82) is 0 Å². The molecule has 0 spiro atoms. The molecule has 0 saturated carbocycles. The summed E-state index contributed by atoms with van der Waals surface area (Å²) < 4.78 is 17.7. The molecule has 0 rings (SSSR count). The third kappa shape index (κ3) is 12.4. The molecule has 0 aliphatic carbocycles. The predicted molar refractivity (Wildman–Crippen MR) is 86.2 cm³/mol. The molecule has 0 heterocycles. The lowest BCUT2D eigenvalue weighted by molar-refractivity contribution is 0.259. The van der Waals surface area contributed by atoms with Crippen LogP contribution in [-0.4, -0.2) is 31.6 Å². The van der Waals surface area contributed by atoms with Crippen LogP contribution in [0.5, 0.6) is 0 Å². The van der Waals surface area contributed by atoms with E-state index in [-0.39, 0.29) is 0 Å². The Morgan fingerprint density at radius 3 is 1.61 bits per heavy atom. The van der Waals surface area contributed by atoms with Crippen molar-refractivity contribution >= 4 is 25.0 Å². The Hall–Kier alpha value is -0.0494. The molecule has 0 aromatic heterocycles. The van der Waals surface area contributed by atoms with Crippen LogP contribution in [0.25, 0.3) is 0 Å². The second-order valence-electron chi connectivity index (χ2n) is 7.43. The SMILES string of the molecule is C[Si](C)(C)O/C=C(\CO[Si](C)(C)C)O[Si](C)(C)C. The highest BCUT2D eigenvalue weighted by atomic mass is 28.4. The molecular weight excluding hydrogens is 276 g/mol. The third-order valence-corrected chi connectivity index (χ3v) is 4.34. The van der Waals surface area contributed by atoms with Gasteiger partial charge in [-0.3, -0.25) is 0 Å². The van der Waals surface area contributed by atoms with Crippen molar-refractivity contribution < 1.29 is 13.3 Å². The Bertz CT molecular complexity index is 282. The zero-order chi connectivity index (χ0) is 14.6. The predicted octanol–water partition coefficient (Wildman–Crippen LogP) is 4.38. The summed E-state index contributed by atoms with van der Waals surface area (Å²) in [6.45, 7) is 20.1. The lowest BCUT2D eigenvalue weighted by atomic mass is 10.6. The molecule has 0 atom stereocenters. The third-order valence-electron chi connectivity index (χ3n) is 1.63. The summed E-state index contributed by atoms with van der Waals surface area (Å²) in [6.07, 6.45) is 1.78. The summed E-state index contributed by atoms with van der Waals surface area (Å²) in [5, 5.41) is 0. The molecule has 0 bridgehead atoms. The number of hydrogen-bond acceptors (Lipinski definition) is 3. The topological polar surface area (TPSA) is 27.7 Å². The van der Waals surface area contributed by atoms with Crippen LogP contribution in [0, 0.1) is 0 Å². The highest BCUT2D eigenvalue weighted by Gasteiger charge is 2.22. The minimum absolute atomic E-state index is 0.532. The highest BCUT2D eigenvalue weighted by Crippen LogP contribution is 2.15. The van der Waals surface area contributed by atoms with Gasteiger partial charge in [0.05, 0.1) is 6.61 Å². The van der Waals surface area contributed by atoms with Crippen molar-refractivity contribution in [3.05, 3.63) is 12.0 Å². The first kappa shape index (κ1) is 18.0. The molecule has 0 N–H and O–H groups in total. The molecule has 0 aromatic rings. The maximum atomic E-state index is 6.02. The Balaban J connectivity index is 4.63. The van der Waals surface area contributed by atoms with Crippen molar-refractivity contribution in [2.75, 3.05) is 6.61 Å². The molecule has 0 aromatic carbocycles. The van der Waals surface area contributed by atoms with Crippen LogP contribution in [0.2, 0.25) is 58.9 Å². The first-order valence-electron chi connectivity index (χ1n) is 6.48. The van der Waals surface area contributed by atoms with Crippen LogP contribution < -0.4 is 0 Å². The fourth-order valence-electron chi connectivity index (χ4n) is 1.01. The van der Waals surface area contributed by atoms with Gasteiger partial charge in [-0.05, 0) is 58.9 Å². The lowest BCUT2D eigenvalue weighted by Crippen LogP contribution is -2.31. The molecule has 0 saturated heterocycles. The van der Waals surface area contributed by atoms with Gasteiger partial charge < -0.3 is 13.3 Å². The zero-order valence-electron chi connectivity index (χ0n) is 13.5. The van der Waals surface area contributed by atoms with Crippen LogP contribution in [0.3, 0.4) is 0 Å². The van der Waals surface area contributed by atoms with Gasteiger partial charge in [-0.2, -0.15) is 0 Å². The molecule has 0 aliphatic rings. The molecule has 0 unspecified atom stereocenters. The number of hydrogen-bond donors (Lipinski definition) is 0. The fraction of sp³-hybridized carbons (Fsp3) is 0.833. The molecule has 0 aliphatic heterocycles. The maximum absolute atomic E-state index is 6.02. The van der Waals surface area contributed by atoms with Crippen molar-refractivity contribution in [2.45, 2.75) is 58.9 Å². The van der Waals surface area contributed by atoms with E-state index < -0.39 is 25.0 Å². The van der Waals surface area contributed by atoms with E-state index in [1.807, 2.05) is 0 Å². The van der Waals surface area contributed by atoms with E-state index in [0.29, 0.717) is 6.61 Å². The smallest absolute Gasteiger partial charge is 0.242 e. The first-order valence-corrected chi connectivity index (χ1v) is 16.7. The molecule has 6 heteroatoms. The van der Waals surface area contributed by atoms with Gasteiger partial charge in [0, 0.05) is 0 Å². The summed E-state index contributed by atoms with van der Waals surface area (Å²) in [4.78, 5) is 0. The highest BCUT2D eigenvalue weighted by molar-refractivity contribution is 6.70. The van der Waals surface area contributed by atoms with E-state index in [0.717, 1.165) is 5.76 Å². The van der Waals surface area contributed by atoms with Crippen LogP contribution in [0.15, 0.2) is 12.0 Å². The van der Waals surface area contributed by atoms with Crippen molar-refractivity contribution in [3.8, 4) is 0 Å². The molecule has 18 heavy (non-hydrogen) atoms. The van der Waals surface area contributed by atoms with E-state index in [9.17, 15) is 0 Å². The fourth-order valence-corrected chi connectivity index (χ4v) is 2.96. The average molecular weight is 307 g/mol. The maximum Gasteiger partial charge on any atom is 0.242 e. The van der Waals surface area contributed by atoms with E-state index in [4.69, 9.17) is 13.3 Å². The van der Waals surface area contributed by atoms with Crippen molar-refractivity contribution in [1.82, 2.24) is 0 Å². The summed E-state index contributed by atoms with van der Waals surface area (Å²) in [5.41, 5.74) is 0. The van der Waals surface area contributed by atoms with E-state index in [2.05, 4.69) is 58.9 Å². The largest absolute Gasteiger partial charge is 0.547 e. The summed E-state index contributed by atoms with van der Waals surface area (Å²) >= 11 is 0. The van der Waals surface area contributed by atoms with Gasteiger partial charge >= 0.3 is 0 Å². The second-order valence-corrected chi connectivity index (χ2v) is 20.8. The monoisotopic (exact) mass is 306 g/mol. The van der Waals surface area contributed by atoms with Gasteiger partial charge in [0.15, 0.2) is 8.32 Å². The summed E-state index contributed by atoms with van der Waals surface area (Å²) in [7, 11) is -4.69. The Labute approximate surface area is 116 Å². The average Bonchev–Trinajstić information content (AvgIpc) is 2.05. The quantitative estimate of drug-likeness (QED) is 0.516. The molecule has 3 nitrogen and oxygen atoms in total. The molecule has 0 amide bonds. The van der Waals surface area contributed by atoms with Crippen molar-refractivity contribution in [2.24, 2.45) is 0 Å². The molecule has 0 fully saturated rings. The van der Waals surface area contributed by atoms with Crippen molar-refractivity contribution in [3.63, 3.8) is 0 Å². The Morgan fingerprint density at radius 1 is 0.778 bits per heavy atom. The van der Waals surface area contributed by atoms with Crippen LogP contribution in [0.4, 0.5) is 0 Å². The molecular formula is C12H30O3Si3. The van der Waals surface area contributed by atoms with Gasteiger partial charge in [-0.15, -0.1) is 0 Å². The standard InChI is InChI=1S/C12H30O3Si3/c1-16(2,3)13-10-12(15-18(7,8)9)11-14-17(4,5)6/h10H,11H2,1-9H3/b12-10+. The number of rotatable bonds is 7. The Kier molecular flexibility index (Phi) is 6.39. The normalized spacial score (nSPS) is 14.6. The minimum atomic E-state index is -1.61. The van der Waals surface area contributed by atoms with E-state index in [1.54, 1.807) is 6.26 Å². The first-order chi connectivity index (χ1) is 7.79. The van der Waals surface area contributed by atoms with Crippen LogP contribution in [0.1, 0.15) is 0 Å². The zero-order valence-corrected chi connectivity index (χ0v) is 16.5. The van der Waals surface area contributed by atoms with Gasteiger partial charge in [0.25, 0.3) is 0 Å². The van der Waals surface area contributed by atoms with Crippen LogP contribution >= 0.6 is 0 Å². The summed E-state index contributed by atoms with van der Waals surface area (Å²) in [5.74, 6) is 0.846. The van der Waals surface area contributed by atoms with E-state index in [1.165, 1.54) is 0 Å². The van der Waals surface area contributed by atoms with Gasteiger partial charge in [0.2, 0.25) is 16.6 Å². The van der Waals surface area contributed by atoms with Crippen LogP contribution in [-0.2, 0) is 13.3 Å².